The largest absolute Gasteiger partial charge is 0.507 e. The van der Waals surface area contributed by atoms with Gasteiger partial charge in [-0.05, 0) is 49.4 Å². The Morgan fingerprint density at radius 3 is 2.24 bits per heavy atom. The first-order valence-electron chi connectivity index (χ1n) is 10.1. The summed E-state index contributed by atoms with van der Waals surface area (Å²) in [6.45, 7) is 1.88. The number of hydrogen-bond acceptors (Lipinski definition) is 6. The molecule has 1 fully saturated rings. The molecule has 0 aliphatic carbocycles. The van der Waals surface area contributed by atoms with E-state index >= 15 is 0 Å². The molecule has 8 nitrogen and oxygen atoms in total. The van der Waals surface area contributed by atoms with Gasteiger partial charge in [-0.15, -0.1) is 0 Å². The van der Waals surface area contributed by atoms with E-state index in [2.05, 4.69) is 0 Å². The Balaban J connectivity index is 1.98. The Labute approximate surface area is 189 Å². The van der Waals surface area contributed by atoms with Crippen molar-refractivity contribution in [2.45, 2.75) is 13.0 Å². The molecule has 1 atom stereocenters. The number of methoxy groups -OCH3 is 1. The minimum atomic E-state index is -1.18. The van der Waals surface area contributed by atoms with Crippen LogP contribution in [-0.2, 0) is 9.59 Å². The molecule has 1 heterocycles. The SMILES string of the molecule is COc1ccc(C(O)=C2C(=O)C(=O)N(c3ccc(C)cc3)[C@@H]2c2ccccc2[N+](=O)[O-])cc1. The fourth-order valence-corrected chi connectivity index (χ4v) is 3.89. The van der Waals surface area contributed by atoms with Crippen LogP contribution >= 0.6 is 0 Å². The van der Waals surface area contributed by atoms with Crippen LogP contribution in [0.2, 0.25) is 0 Å². The number of ether oxygens (including phenoxy) is 1. The third-order valence-electron chi connectivity index (χ3n) is 5.55. The lowest BCUT2D eigenvalue weighted by molar-refractivity contribution is -0.385. The highest BCUT2D eigenvalue weighted by Gasteiger charge is 2.48. The predicted molar refractivity (Wildman–Crippen MR) is 122 cm³/mol. The van der Waals surface area contributed by atoms with Crippen LogP contribution in [0.4, 0.5) is 11.4 Å². The van der Waals surface area contributed by atoms with Gasteiger partial charge in [0.05, 0.1) is 23.2 Å². The predicted octanol–water partition coefficient (Wildman–Crippen LogP) is 4.54. The van der Waals surface area contributed by atoms with E-state index < -0.39 is 28.4 Å². The quantitative estimate of drug-likeness (QED) is 0.203. The summed E-state index contributed by atoms with van der Waals surface area (Å²) in [4.78, 5) is 38.7. The van der Waals surface area contributed by atoms with Crippen molar-refractivity contribution in [1.82, 2.24) is 0 Å². The summed E-state index contributed by atoms with van der Waals surface area (Å²) in [7, 11) is 1.50. The molecule has 0 bridgehead atoms. The van der Waals surface area contributed by atoms with E-state index in [1.165, 1.54) is 30.2 Å². The van der Waals surface area contributed by atoms with E-state index in [4.69, 9.17) is 4.74 Å². The Morgan fingerprint density at radius 2 is 1.64 bits per heavy atom. The van der Waals surface area contributed by atoms with Crippen LogP contribution in [0.15, 0.2) is 78.4 Å². The smallest absolute Gasteiger partial charge is 0.300 e. The minimum absolute atomic E-state index is 0.123. The second-order valence-electron chi connectivity index (χ2n) is 7.55. The number of ketones is 1. The van der Waals surface area contributed by atoms with Gasteiger partial charge in [-0.25, -0.2) is 0 Å². The molecule has 8 heteroatoms. The number of nitro benzene ring substituents is 1. The molecule has 0 spiro atoms. The molecule has 3 aromatic carbocycles. The van der Waals surface area contributed by atoms with E-state index in [1.807, 2.05) is 6.92 Å². The Morgan fingerprint density at radius 1 is 1.00 bits per heavy atom. The molecule has 33 heavy (non-hydrogen) atoms. The molecular weight excluding hydrogens is 424 g/mol. The summed E-state index contributed by atoms with van der Waals surface area (Å²) in [5.41, 5.74) is 1.25. The van der Waals surface area contributed by atoms with E-state index in [0.29, 0.717) is 11.4 Å². The third-order valence-corrected chi connectivity index (χ3v) is 5.55. The molecule has 1 aliphatic rings. The molecule has 4 rings (SSSR count). The van der Waals surface area contributed by atoms with Crippen LogP contribution in [0.25, 0.3) is 5.76 Å². The number of nitrogens with zero attached hydrogens (tertiary/aromatic N) is 2. The number of nitro groups is 1. The highest BCUT2D eigenvalue weighted by atomic mass is 16.6. The molecule has 1 amide bonds. The van der Waals surface area contributed by atoms with Crippen LogP contribution in [0, 0.1) is 17.0 Å². The highest BCUT2D eigenvalue weighted by molar-refractivity contribution is 6.51. The summed E-state index contributed by atoms with van der Waals surface area (Å²) >= 11 is 0. The first-order chi connectivity index (χ1) is 15.8. The van der Waals surface area contributed by atoms with Crippen molar-refractivity contribution in [1.29, 1.82) is 0 Å². The zero-order chi connectivity index (χ0) is 23.7. The molecule has 0 radical (unpaired) electrons. The van der Waals surface area contributed by atoms with Gasteiger partial charge in [0.25, 0.3) is 17.4 Å². The van der Waals surface area contributed by atoms with Gasteiger partial charge in [-0.1, -0.05) is 29.8 Å². The van der Waals surface area contributed by atoms with Gasteiger partial charge in [0.1, 0.15) is 17.6 Å². The van der Waals surface area contributed by atoms with Gasteiger partial charge in [-0.3, -0.25) is 24.6 Å². The fraction of sp³-hybridized carbons (Fsp3) is 0.120. The zero-order valence-electron chi connectivity index (χ0n) is 17.9. The van der Waals surface area contributed by atoms with Crippen LogP contribution in [0.3, 0.4) is 0 Å². The maximum atomic E-state index is 13.2. The Bertz CT molecular complexity index is 1280. The molecule has 1 N–H and O–H groups in total. The number of hydrogen-bond donors (Lipinski definition) is 1. The maximum absolute atomic E-state index is 13.2. The van der Waals surface area contributed by atoms with Crippen LogP contribution < -0.4 is 9.64 Å². The summed E-state index contributed by atoms with van der Waals surface area (Å²) in [6, 6.07) is 17.9. The number of benzene rings is 3. The van der Waals surface area contributed by atoms with E-state index in [1.54, 1.807) is 54.6 Å². The van der Waals surface area contributed by atoms with Crippen molar-refractivity contribution in [3.05, 3.63) is 105 Å². The number of carbonyl (C=O) groups is 2. The second-order valence-corrected chi connectivity index (χ2v) is 7.55. The van der Waals surface area contributed by atoms with Crippen LogP contribution in [0.1, 0.15) is 22.7 Å². The molecule has 0 aromatic heterocycles. The lowest BCUT2D eigenvalue weighted by Gasteiger charge is -2.25. The van der Waals surface area contributed by atoms with Gasteiger partial charge in [0.15, 0.2) is 0 Å². The number of anilines is 1. The molecule has 166 valence electrons. The lowest BCUT2D eigenvalue weighted by Crippen LogP contribution is -2.29. The van der Waals surface area contributed by atoms with Gasteiger partial charge in [-0.2, -0.15) is 0 Å². The molecular formula is C25H20N2O6. The number of aryl methyl sites for hydroxylation is 1. The monoisotopic (exact) mass is 444 g/mol. The van der Waals surface area contributed by atoms with E-state index in [9.17, 15) is 24.8 Å². The van der Waals surface area contributed by atoms with Crippen LogP contribution in [-0.4, -0.2) is 28.8 Å². The number of Topliss-reactive ketones (excluding diaryl/α,β-unsaturated/α-hetero) is 1. The van der Waals surface area contributed by atoms with E-state index in [0.717, 1.165) is 5.56 Å². The topological polar surface area (TPSA) is 110 Å². The lowest BCUT2D eigenvalue weighted by atomic mass is 9.94. The number of aliphatic hydroxyl groups is 1. The zero-order valence-corrected chi connectivity index (χ0v) is 17.9. The average Bonchev–Trinajstić information content (AvgIpc) is 3.09. The van der Waals surface area contributed by atoms with Crippen molar-refractivity contribution in [3.63, 3.8) is 0 Å². The summed E-state index contributed by atoms with van der Waals surface area (Å²) in [5.74, 6) is -1.68. The van der Waals surface area contributed by atoms with Gasteiger partial charge in [0.2, 0.25) is 0 Å². The summed E-state index contributed by atoms with van der Waals surface area (Å²) in [6.07, 6.45) is 0. The summed E-state index contributed by atoms with van der Waals surface area (Å²) in [5, 5.41) is 22.9. The first-order valence-corrected chi connectivity index (χ1v) is 10.1. The number of para-hydroxylation sites is 1. The summed E-state index contributed by atoms with van der Waals surface area (Å²) < 4.78 is 5.13. The average molecular weight is 444 g/mol. The third kappa shape index (κ3) is 3.82. The van der Waals surface area contributed by atoms with Crippen molar-refractivity contribution in [2.24, 2.45) is 0 Å². The number of amides is 1. The molecule has 3 aromatic rings. The number of carbonyl (C=O) groups excluding carboxylic acids is 2. The normalized spacial score (nSPS) is 17.3. The maximum Gasteiger partial charge on any atom is 0.300 e. The minimum Gasteiger partial charge on any atom is -0.507 e. The molecule has 0 saturated carbocycles. The van der Waals surface area contributed by atoms with Crippen molar-refractivity contribution in [2.75, 3.05) is 12.0 Å². The van der Waals surface area contributed by atoms with Crippen molar-refractivity contribution < 1.29 is 24.4 Å². The van der Waals surface area contributed by atoms with E-state index in [-0.39, 0.29) is 22.4 Å². The van der Waals surface area contributed by atoms with Gasteiger partial charge < -0.3 is 9.84 Å². The van der Waals surface area contributed by atoms with Crippen molar-refractivity contribution >= 4 is 28.8 Å². The molecule has 1 aliphatic heterocycles. The van der Waals surface area contributed by atoms with Crippen LogP contribution in [0.5, 0.6) is 5.75 Å². The van der Waals surface area contributed by atoms with Gasteiger partial charge in [0, 0.05) is 17.3 Å². The fourth-order valence-electron chi connectivity index (χ4n) is 3.89. The first kappa shape index (κ1) is 21.8. The number of aliphatic hydroxyl groups excluding tert-OH is 1. The second kappa shape index (κ2) is 8.58. The molecule has 0 unspecified atom stereocenters. The number of rotatable bonds is 5. The van der Waals surface area contributed by atoms with Gasteiger partial charge >= 0.3 is 0 Å². The van der Waals surface area contributed by atoms with Crippen molar-refractivity contribution in [3.8, 4) is 5.75 Å². The molecule has 1 saturated heterocycles. The Kier molecular flexibility index (Phi) is 5.66. The highest BCUT2D eigenvalue weighted by Crippen LogP contribution is 2.44. The standard InChI is InChI=1S/C25H20N2O6/c1-15-7-11-17(12-8-15)26-22(19-5-3-4-6-20(19)27(31)32)21(24(29)25(26)30)23(28)16-9-13-18(33-2)14-10-16/h3-14,22,28H,1-2H3/t22-/m1/s1. The Hall–Kier alpha value is -4.46.